The molecule has 0 saturated heterocycles. The van der Waals surface area contributed by atoms with Crippen LogP contribution in [0.3, 0.4) is 0 Å². The zero-order valence-electron chi connectivity index (χ0n) is 12.3. The lowest BCUT2D eigenvalue weighted by molar-refractivity contribution is 0.622. The first-order chi connectivity index (χ1) is 8.67. The third kappa shape index (κ3) is 7.15. The van der Waals surface area contributed by atoms with E-state index in [1.165, 1.54) is 5.56 Å². The van der Waals surface area contributed by atoms with Gasteiger partial charge in [0.15, 0.2) is 5.96 Å². The Morgan fingerprint density at radius 1 is 1.37 bits per heavy atom. The Kier molecular flexibility index (Phi) is 10.3. The molecule has 19 heavy (non-hydrogen) atoms. The number of thiophene rings is 1. The first-order valence-electron chi connectivity index (χ1n) is 6.74. The van der Waals surface area contributed by atoms with E-state index >= 15 is 0 Å². The van der Waals surface area contributed by atoms with Crippen molar-refractivity contribution >= 4 is 41.3 Å². The minimum absolute atomic E-state index is 0. The van der Waals surface area contributed by atoms with E-state index in [0.29, 0.717) is 12.0 Å². The molecule has 0 spiro atoms. The van der Waals surface area contributed by atoms with Crippen molar-refractivity contribution in [3.8, 4) is 0 Å². The second-order valence-electron chi connectivity index (χ2n) is 4.63. The minimum Gasteiger partial charge on any atom is -0.357 e. The molecule has 0 aliphatic rings. The molecule has 5 heteroatoms. The second-order valence-corrected chi connectivity index (χ2v) is 5.41. The Bertz CT molecular complexity index is 352. The average molecular weight is 395 g/mol. The number of halogens is 1. The van der Waals surface area contributed by atoms with Crippen LogP contribution in [-0.4, -0.2) is 25.1 Å². The largest absolute Gasteiger partial charge is 0.357 e. The molecule has 0 aliphatic carbocycles. The van der Waals surface area contributed by atoms with E-state index in [-0.39, 0.29) is 24.0 Å². The maximum absolute atomic E-state index is 4.66. The Labute approximate surface area is 138 Å². The van der Waals surface area contributed by atoms with Crippen LogP contribution in [0.25, 0.3) is 0 Å². The minimum atomic E-state index is 0. The van der Waals surface area contributed by atoms with Crippen LogP contribution < -0.4 is 10.6 Å². The van der Waals surface area contributed by atoms with Crippen LogP contribution in [0.2, 0.25) is 0 Å². The summed E-state index contributed by atoms with van der Waals surface area (Å²) in [6.45, 7) is 10.4. The average Bonchev–Trinajstić information content (AvgIpc) is 2.89. The van der Waals surface area contributed by atoms with Gasteiger partial charge in [0, 0.05) is 25.0 Å². The fraction of sp³-hybridized carbons (Fsp3) is 0.643. The lowest BCUT2D eigenvalue weighted by Crippen LogP contribution is -2.42. The molecule has 0 aliphatic heterocycles. The van der Waals surface area contributed by atoms with Gasteiger partial charge in [0.25, 0.3) is 0 Å². The summed E-state index contributed by atoms with van der Waals surface area (Å²) in [4.78, 5) is 4.66. The van der Waals surface area contributed by atoms with Crippen molar-refractivity contribution in [1.82, 2.24) is 10.6 Å². The van der Waals surface area contributed by atoms with Gasteiger partial charge in [0.2, 0.25) is 0 Å². The van der Waals surface area contributed by atoms with Gasteiger partial charge in [-0.25, -0.2) is 0 Å². The quantitative estimate of drug-likeness (QED) is 0.437. The van der Waals surface area contributed by atoms with Crippen LogP contribution in [0.1, 0.15) is 45.6 Å². The van der Waals surface area contributed by atoms with Crippen molar-refractivity contribution in [1.29, 1.82) is 0 Å². The highest BCUT2D eigenvalue weighted by Gasteiger charge is 2.07. The number of hydrogen-bond acceptors (Lipinski definition) is 2. The Balaban J connectivity index is 0.00000324. The van der Waals surface area contributed by atoms with Crippen LogP contribution >= 0.6 is 35.3 Å². The molecule has 1 aromatic rings. The molecule has 0 aromatic carbocycles. The number of rotatable bonds is 6. The molecule has 2 N–H and O–H groups in total. The van der Waals surface area contributed by atoms with E-state index in [2.05, 4.69) is 60.1 Å². The van der Waals surface area contributed by atoms with E-state index in [0.717, 1.165) is 25.5 Å². The van der Waals surface area contributed by atoms with Crippen molar-refractivity contribution in [3.63, 3.8) is 0 Å². The monoisotopic (exact) mass is 395 g/mol. The van der Waals surface area contributed by atoms with Gasteiger partial charge in [0.1, 0.15) is 0 Å². The molecule has 1 rings (SSSR count). The van der Waals surface area contributed by atoms with Gasteiger partial charge >= 0.3 is 0 Å². The van der Waals surface area contributed by atoms with Crippen molar-refractivity contribution in [2.45, 2.75) is 46.1 Å². The fourth-order valence-electron chi connectivity index (χ4n) is 1.54. The third-order valence-corrected chi connectivity index (χ3v) is 3.68. The summed E-state index contributed by atoms with van der Waals surface area (Å²) >= 11 is 1.75. The lowest BCUT2D eigenvalue weighted by atomic mass is 10.1. The molecular weight excluding hydrogens is 369 g/mol. The number of nitrogens with one attached hydrogen (secondary N) is 2. The smallest absolute Gasteiger partial charge is 0.191 e. The molecule has 110 valence electrons. The normalized spacial score (nSPS) is 14.4. The van der Waals surface area contributed by atoms with Crippen molar-refractivity contribution in [2.24, 2.45) is 4.99 Å². The van der Waals surface area contributed by atoms with Crippen LogP contribution in [0.4, 0.5) is 0 Å². The molecule has 0 saturated carbocycles. The zero-order valence-corrected chi connectivity index (χ0v) is 15.4. The molecule has 0 bridgehead atoms. The predicted octanol–water partition coefficient (Wildman–Crippen LogP) is 3.82. The van der Waals surface area contributed by atoms with E-state index in [1.807, 2.05) is 0 Å². The number of aliphatic imine (C=N–C) groups is 1. The van der Waals surface area contributed by atoms with Crippen molar-refractivity contribution < 1.29 is 0 Å². The van der Waals surface area contributed by atoms with Gasteiger partial charge in [-0.1, -0.05) is 13.8 Å². The predicted molar refractivity (Wildman–Crippen MR) is 97.0 cm³/mol. The van der Waals surface area contributed by atoms with Gasteiger partial charge in [-0.05, 0) is 42.7 Å². The lowest BCUT2D eigenvalue weighted by Gasteiger charge is -2.17. The van der Waals surface area contributed by atoms with E-state index < -0.39 is 0 Å². The number of guanidine groups is 1. The standard InChI is InChI=1S/C14H25N3S.HI/c1-5-12(4)17-14(15-6-2)16-9-11(3)13-7-8-18-10-13;/h7-8,10-12H,5-6,9H2,1-4H3,(H2,15,16,17);1H. The SMILES string of the molecule is CCNC(=NCC(C)c1ccsc1)NC(C)CC.I. The summed E-state index contributed by atoms with van der Waals surface area (Å²) in [6, 6.07) is 2.64. The molecule has 1 heterocycles. The number of nitrogens with zero attached hydrogens (tertiary/aromatic N) is 1. The Morgan fingerprint density at radius 3 is 2.63 bits per heavy atom. The highest BCUT2D eigenvalue weighted by molar-refractivity contribution is 14.0. The van der Waals surface area contributed by atoms with Gasteiger partial charge in [-0.3, -0.25) is 4.99 Å². The van der Waals surface area contributed by atoms with Gasteiger partial charge in [-0.15, -0.1) is 24.0 Å². The van der Waals surface area contributed by atoms with Gasteiger partial charge < -0.3 is 10.6 Å². The summed E-state index contributed by atoms with van der Waals surface area (Å²) < 4.78 is 0. The first-order valence-corrected chi connectivity index (χ1v) is 7.68. The van der Waals surface area contributed by atoms with E-state index in [4.69, 9.17) is 0 Å². The Morgan fingerprint density at radius 2 is 2.11 bits per heavy atom. The summed E-state index contributed by atoms with van der Waals surface area (Å²) in [5, 5.41) is 11.0. The molecule has 2 atom stereocenters. The summed E-state index contributed by atoms with van der Waals surface area (Å²) in [5.41, 5.74) is 1.38. The molecule has 0 amide bonds. The third-order valence-electron chi connectivity index (χ3n) is 2.98. The van der Waals surface area contributed by atoms with Crippen molar-refractivity contribution in [2.75, 3.05) is 13.1 Å². The summed E-state index contributed by atoms with van der Waals surface area (Å²) in [6.07, 6.45) is 1.10. The molecule has 1 aromatic heterocycles. The van der Waals surface area contributed by atoms with Crippen LogP contribution in [0.5, 0.6) is 0 Å². The van der Waals surface area contributed by atoms with Crippen molar-refractivity contribution in [3.05, 3.63) is 22.4 Å². The maximum atomic E-state index is 4.66. The van der Waals surface area contributed by atoms with Crippen LogP contribution in [0, 0.1) is 0 Å². The molecule has 0 radical (unpaired) electrons. The maximum Gasteiger partial charge on any atom is 0.191 e. The highest BCUT2D eigenvalue weighted by atomic mass is 127. The van der Waals surface area contributed by atoms with Gasteiger partial charge in [0.05, 0.1) is 0 Å². The second kappa shape index (κ2) is 10.5. The highest BCUT2D eigenvalue weighted by Crippen LogP contribution is 2.18. The molecular formula is C14H26IN3S. The van der Waals surface area contributed by atoms with Crippen LogP contribution in [-0.2, 0) is 0 Å². The van der Waals surface area contributed by atoms with E-state index in [9.17, 15) is 0 Å². The van der Waals surface area contributed by atoms with E-state index in [1.54, 1.807) is 11.3 Å². The summed E-state index contributed by atoms with van der Waals surface area (Å²) in [7, 11) is 0. The fourth-order valence-corrected chi connectivity index (χ4v) is 2.33. The molecule has 2 unspecified atom stereocenters. The molecule has 0 fully saturated rings. The first kappa shape index (κ1) is 18.7. The Hall–Kier alpha value is -0.300. The topological polar surface area (TPSA) is 36.4 Å². The molecule has 3 nitrogen and oxygen atoms in total. The zero-order chi connectivity index (χ0) is 13.4. The van der Waals surface area contributed by atoms with Crippen LogP contribution in [0.15, 0.2) is 21.8 Å². The summed E-state index contributed by atoms with van der Waals surface area (Å²) in [5.74, 6) is 1.40. The number of hydrogen-bond donors (Lipinski definition) is 2. The van der Waals surface area contributed by atoms with Gasteiger partial charge in [-0.2, -0.15) is 11.3 Å².